The van der Waals surface area contributed by atoms with Gasteiger partial charge in [-0.2, -0.15) is 0 Å². The zero-order chi connectivity index (χ0) is 23.0. The van der Waals surface area contributed by atoms with Gasteiger partial charge in [0.25, 0.3) is 11.8 Å². The van der Waals surface area contributed by atoms with E-state index in [1.807, 2.05) is 36.4 Å². The third-order valence-corrected chi connectivity index (χ3v) is 6.32. The number of carbonyl (C=O) groups excluding carboxylic acids is 2. The van der Waals surface area contributed by atoms with Crippen molar-refractivity contribution in [3.8, 4) is 0 Å². The Balaban J connectivity index is 1.38. The number of rotatable bonds is 7. The molecule has 5 nitrogen and oxygen atoms in total. The molecule has 1 saturated carbocycles. The summed E-state index contributed by atoms with van der Waals surface area (Å²) in [5, 5.41) is 5.93. The van der Waals surface area contributed by atoms with Crippen LogP contribution in [0.3, 0.4) is 0 Å². The van der Waals surface area contributed by atoms with Crippen LogP contribution in [0.15, 0.2) is 78.9 Å². The minimum absolute atomic E-state index is 0.163. The van der Waals surface area contributed by atoms with E-state index in [1.54, 1.807) is 36.4 Å². The molecule has 0 aromatic heterocycles. The van der Waals surface area contributed by atoms with Gasteiger partial charge in [-0.3, -0.25) is 14.5 Å². The minimum atomic E-state index is -0.177. The third kappa shape index (κ3) is 6.08. The molecule has 170 valence electrons. The molecule has 0 saturated heterocycles. The fourth-order valence-corrected chi connectivity index (χ4v) is 4.39. The van der Waals surface area contributed by atoms with Gasteiger partial charge in [-0.25, -0.2) is 0 Å². The van der Waals surface area contributed by atoms with E-state index in [9.17, 15) is 9.59 Å². The van der Waals surface area contributed by atoms with Crippen molar-refractivity contribution < 1.29 is 9.59 Å². The van der Waals surface area contributed by atoms with E-state index in [4.69, 9.17) is 0 Å². The van der Waals surface area contributed by atoms with Crippen molar-refractivity contribution in [1.82, 2.24) is 4.90 Å². The number of amides is 2. The number of benzene rings is 3. The van der Waals surface area contributed by atoms with E-state index in [0.29, 0.717) is 22.9 Å². The number of hydrogen-bond donors (Lipinski definition) is 2. The van der Waals surface area contributed by atoms with Crippen LogP contribution >= 0.6 is 0 Å². The van der Waals surface area contributed by atoms with Crippen molar-refractivity contribution in [2.75, 3.05) is 17.7 Å². The van der Waals surface area contributed by atoms with Gasteiger partial charge in [0.2, 0.25) is 0 Å². The van der Waals surface area contributed by atoms with Crippen LogP contribution in [0.25, 0.3) is 0 Å². The standard InChI is InChI=1S/C28H31N3O2/c1-31(25-13-6-3-7-14-25)20-23-12-8-9-15-26(23)30-28(33)22-16-18-24(19-17-22)29-27(32)21-10-4-2-5-11-21/h2,4-5,8-12,15-19,25H,3,6-7,13-14,20H2,1H3,(H,29,32)(H,30,33). The maximum absolute atomic E-state index is 12.9. The monoisotopic (exact) mass is 441 g/mol. The van der Waals surface area contributed by atoms with Gasteiger partial charge in [0.05, 0.1) is 0 Å². The van der Waals surface area contributed by atoms with E-state index in [1.165, 1.54) is 32.1 Å². The predicted octanol–water partition coefficient (Wildman–Crippen LogP) is 5.96. The molecule has 4 rings (SSSR count). The molecule has 0 unspecified atom stereocenters. The molecule has 2 N–H and O–H groups in total. The number of para-hydroxylation sites is 1. The first-order valence-electron chi connectivity index (χ1n) is 11.7. The van der Waals surface area contributed by atoms with Gasteiger partial charge in [-0.05, 0) is 67.9 Å². The van der Waals surface area contributed by atoms with E-state index in [0.717, 1.165) is 17.8 Å². The lowest BCUT2D eigenvalue weighted by atomic mass is 9.94. The second-order valence-corrected chi connectivity index (χ2v) is 8.72. The zero-order valence-electron chi connectivity index (χ0n) is 19.1. The molecule has 2 amide bonds. The smallest absolute Gasteiger partial charge is 0.255 e. The van der Waals surface area contributed by atoms with Gasteiger partial charge in [0.15, 0.2) is 0 Å². The lowest BCUT2D eigenvalue weighted by Gasteiger charge is -2.31. The SMILES string of the molecule is CN(Cc1ccccc1NC(=O)c1ccc(NC(=O)c2ccccc2)cc1)C1CCCCC1. The molecule has 1 fully saturated rings. The van der Waals surface area contributed by atoms with Gasteiger partial charge in [-0.1, -0.05) is 55.7 Å². The van der Waals surface area contributed by atoms with Gasteiger partial charge in [0.1, 0.15) is 0 Å². The van der Waals surface area contributed by atoms with Crippen molar-refractivity contribution in [2.45, 2.75) is 44.7 Å². The number of nitrogens with one attached hydrogen (secondary N) is 2. The van der Waals surface area contributed by atoms with Crippen molar-refractivity contribution in [1.29, 1.82) is 0 Å². The van der Waals surface area contributed by atoms with Gasteiger partial charge < -0.3 is 10.6 Å². The van der Waals surface area contributed by atoms with Crippen molar-refractivity contribution in [3.05, 3.63) is 95.6 Å². The molecule has 3 aromatic carbocycles. The van der Waals surface area contributed by atoms with Crippen LogP contribution in [0.1, 0.15) is 58.4 Å². The summed E-state index contributed by atoms with van der Waals surface area (Å²) < 4.78 is 0. The summed E-state index contributed by atoms with van der Waals surface area (Å²) >= 11 is 0. The highest BCUT2D eigenvalue weighted by molar-refractivity contribution is 6.06. The maximum Gasteiger partial charge on any atom is 0.255 e. The van der Waals surface area contributed by atoms with Crippen LogP contribution in [-0.2, 0) is 6.54 Å². The molecule has 0 aliphatic heterocycles. The number of anilines is 2. The number of carbonyl (C=O) groups is 2. The molecule has 0 heterocycles. The highest BCUT2D eigenvalue weighted by Gasteiger charge is 2.19. The average Bonchev–Trinajstić information content (AvgIpc) is 2.86. The molecule has 0 radical (unpaired) electrons. The maximum atomic E-state index is 12.9. The van der Waals surface area contributed by atoms with Crippen LogP contribution in [-0.4, -0.2) is 29.8 Å². The molecule has 5 heteroatoms. The lowest BCUT2D eigenvalue weighted by Crippen LogP contribution is -2.33. The number of nitrogens with zero attached hydrogens (tertiary/aromatic N) is 1. The second kappa shape index (κ2) is 10.9. The van der Waals surface area contributed by atoms with Crippen molar-refractivity contribution in [3.63, 3.8) is 0 Å². The Morgan fingerprint density at radius 3 is 2.09 bits per heavy atom. The van der Waals surface area contributed by atoms with E-state index >= 15 is 0 Å². The summed E-state index contributed by atoms with van der Waals surface area (Å²) in [7, 11) is 2.18. The van der Waals surface area contributed by atoms with Crippen LogP contribution in [0.4, 0.5) is 11.4 Å². The molecular weight excluding hydrogens is 410 g/mol. The molecule has 33 heavy (non-hydrogen) atoms. The van der Waals surface area contributed by atoms with E-state index in [2.05, 4.69) is 28.6 Å². The molecule has 1 aliphatic carbocycles. The summed E-state index contributed by atoms with van der Waals surface area (Å²) in [5.41, 5.74) is 3.74. The van der Waals surface area contributed by atoms with E-state index in [-0.39, 0.29) is 11.8 Å². The fraction of sp³-hybridized carbons (Fsp3) is 0.286. The summed E-state index contributed by atoms with van der Waals surface area (Å²) in [6.07, 6.45) is 6.44. The highest BCUT2D eigenvalue weighted by Crippen LogP contribution is 2.25. The Kier molecular flexibility index (Phi) is 7.53. The normalized spacial score (nSPS) is 14.1. The Morgan fingerprint density at radius 2 is 1.36 bits per heavy atom. The molecule has 1 aliphatic rings. The van der Waals surface area contributed by atoms with Gasteiger partial charge in [-0.15, -0.1) is 0 Å². The quantitative estimate of drug-likeness (QED) is 0.476. The molecular formula is C28H31N3O2. The summed E-state index contributed by atoms with van der Waals surface area (Å²) in [6, 6.07) is 24.6. The summed E-state index contributed by atoms with van der Waals surface area (Å²) in [4.78, 5) is 27.6. The molecule has 0 bridgehead atoms. The first-order valence-corrected chi connectivity index (χ1v) is 11.7. The lowest BCUT2D eigenvalue weighted by molar-refractivity contribution is 0.101. The van der Waals surface area contributed by atoms with Crippen LogP contribution in [0.5, 0.6) is 0 Å². The summed E-state index contributed by atoms with van der Waals surface area (Å²) in [5.74, 6) is -0.340. The van der Waals surface area contributed by atoms with Crippen molar-refractivity contribution >= 4 is 23.2 Å². The topological polar surface area (TPSA) is 61.4 Å². The van der Waals surface area contributed by atoms with E-state index < -0.39 is 0 Å². The molecule has 0 spiro atoms. The molecule has 3 aromatic rings. The van der Waals surface area contributed by atoms with Crippen LogP contribution < -0.4 is 10.6 Å². The first-order chi connectivity index (χ1) is 16.1. The average molecular weight is 442 g/mol. The second-order valence-electron chi connectivity index (χ2n) is 8.72. The fourth-order valence-electron chi connectivity index (χ4n) is 4.39. The van der Waals surface area contributed by atoms with Gasteiger partial charge in [0, 0.05) is 35.1 Å². The van der Waals surface area contributed by atoms with Crippen molar-refractivity contribution in [2.24, 2.45) is 0 Å². The Labute approximate surface area is 195 Å². The minimum Gasteiger partial charge on any atom is -0.322 e. The molecule has 0 atom stereocenters. The third-order valence-electron chi connectivity index (χ3n) is 6.32. The Hall–Kier alpha value is -3.44. The Morgan fingerprint density at radius 1 is 0.758 bits per heavy atom. The Bertz CT molecular complexity index is 1070. The van der Waals surface area contributed by atoms with Crippen LogP contribution in [0.2, 0.25) is 0 Å². The number of hydrogen-bond acceptors (Lipinski definition) is 3. The highest BCUT2D eigenvalue weighted by atomic mass is 16.2. The zero-order valence-corrected chi connectivity index (χ0v) is 19.1. The largest absolute Gasteiger partial charge is 0.322 e. The van der Waals surface area contributed by atoms with Gasteiger partial charge >= 0.3 is 0 Å². The first kappa shape index (κ1) is 22.7. The predicted molar refractivity (Wildman–Crippen MR) is 134 cm³/mol. The van der Waals surface area contributed by atoms with Crippen LogP contribution in [0, 0.1) is 0 Å². The summed E-state index contributed by atoms with van der Waals surface area (Å²) in [6.45, 7) is 0.811.